The molecule has 1 atom stereocenters. The van der Waals surface area contributed by atoms with Gasteiger partial charge in [0.2, 0.25) is 11.7 Å². The van der Waals surface area contributed by atoms with E-state index in [1.165, 1.54) is 43.6 Å². The van der Waals surface area contributed by atoms with Gasteiger partial charge in [-0.25, -0.2) is 0 Å². The molecule has 3 aliphatic carbocycles. The van der Waals surface area contributed by atoms with Crippen LogP contribution in [0.2, 0.25) is 0 Å². The second-order valence-corrected chi connectivity index (χ2v) is 9.18. The third-order valence-electron chi connectivity index (χ3n) is 7.32. The molecule has 36 heavy (non-hydrogen) atoms. The van der Waals surface area contributed by atoms with Gasteiger partial charge in [0.05, 0.1) is 27.9 Å². The molecular formula is C29H30N2O5. The molecule has 0 fully saturated rings. The average molecular weight is 487 g/mol. The molecule has 3 aliphatic rings. The molecule has 0 aromatic heterocycles. The fourth-order valence-corrected chi connectivity index (χ4v) is 5.74. The van der Waals surface area contributed by atoms with E-state index in [-0.39, 0.29) is 18.4 Å². The summed E-state index contributed by atoms with van der Waals surface area (Å²) in [5.74, 6) is 1.44. The van der Waals surface area contributed by atoms with Crippen LogP contribution >= 0.6 is 0 Å². The van der Waals surface area contributed by atoms with E-state index in [4.69, 9.17) is 14.2 Å². The zero-order chi connectivity index (χ0) is 25.2. The molecular weight excluding hydrogens is 456 g/mol. The Hall–Kier alpha value is -4.00. The van der Waals surface area contributed by atoms with Crippen LogP contribution in [0.4, 0.5) is 0 Å². The van der Waals surface area contributed by atoms with Crippen LogP contribution in [0.15, 0.2) is 60.7 Å². The maximum Gasteiger partial charge on any atom is 0.251 e. The minimum absolute atomic E-state index is 0.122. The van der Waals surface area contributed by atoms with E-state index >= 15 is 0 Å². The molecule has 0 saturated heterocycles. The van der Waals surface area contributed by atoms with Gasteiger partial charge in [-0.05, 0) is 46.7 Å². The van der Waals surface area contributed by atoms with Crippen LogP contribution in [0.3, 0.4) is 0 Å². The van der Waals surface area contributed by atoms with Crippen molar-refractivity contribution in [2.75, 3.05) is 34.4 Å². The fraction of sp³-hybridized carbons (Fsp3) is 0.310. The first kappa shape index (κ1) is 23.7. The van der Waals surface area contributed by atoms with E-state index in [1.807, 2.05) is 0 Å². The van der Waals surface area contributed by atoms with E-state index in [0.29, 0.717) is 41.2 Å². The summed E-state index contributed by atoms with van der Waals surface area (Å²) in [5.41, 5.74) is 5.85. The third kappa shape index (κ3) is 4.15. The van der Waals surface area contributed by atoms with Crippen molar-refractivity contribution in [3.63, 3.8) is 0 Å². The Kier molecular flexibility index (Phi) is 6.55. The number of rotatable bonds is 8. The summed E-state index contributed by atoms with van der Waals surface area (Å²) < 4.78 is 15.9. The molecule has 1 unspecified atom stereocenters. The Morgan fingerprint density at radius 2 is 1.36 bits per heavy atom. The standard InChI is InChI=1S/C29H30N2O5/c1-34-24-13-17(14-25(35-2)28(24)36-3)29(33)31-16-26(32)30-15-18-12-23-19-8-4-6-10-21(19)27(18)22-11-7-5-9-20(22)23/h4-11,13-14,18,23,27H,12,15-16H2,1-3H3,(H,30,32)(H,31,33). The molecule has 2 N–H and O–H groups in total. The van der Waals surface area contributed by atoms with Crippen LogP contribution in [-0.4, -0.2) is 46.2 Å². The topological polar surface area (TPSA) is 85.9 Å². The Bertz CT molecular complexity index is 1230. The Morgan fingerprint density at radius 1 is 0.806 bits per heavy atom. The molecule has 0 radical (unpaired) electrons. The molecule has 0 saturated carbocycles. The molecule has 0 spiro atoms. The number of hydrogen-bond acceptors (Lipinski definition) is 5. The molecule has 3 aromatic rings. The maximum atomic E-state index is 12.7. The van der Waals surface area contributed by atoms with Crippen LogP contribution in [0.1, 0.15) is 50.9 Å². The number of amides is 2. The number of hydrogen-bond donors (Lipinski definition) is 2. The van der Waals surface area contributed by atoms with Gasteiger partial charge >= 0.3 is 0 Å². The van der Waals surface area contributed by atoms with Gasteiger partial charge in [-0.1, -0.05) is 48.5 Å². The molecule has 2 amide bonds. The van der Waals surface area contributed by atoms with Crippen molar-refractivity contribution in [1.82, 2.24) is 10.6 Å². The van der Waals surface area contributed by atoms with E-state index in [2.05, 4.69) is 59.2 Å². The summed E-state index contributed by atoms with van der Waals surface area (Å²) in [4.78, 5) is 25.4. The number of methoxy groups -OCH3 is 3. The normalized spacial score (nSPS) is 19.0. The zero-order valence-corrected chi connectivity index (χ0v) is 20.7. The summed E-state index contributed by atoms with van der Waals surface area (Å²) in [5, 5.41) is 5.73. The molecule has 0 aliphatic heterocycles. The Balaban J connectivity index is 1.23. The molecule has 7 heteroatoms. The van der Waals surface area contributed by atoms with Gasteiger partial charge in [-0.2, -0.15) is 0 Å². The van der Waals surface area contributed by atoms with Crippen LogP contribution in [-0.2, 0) is 4.79 Å². The summed E-state index contributed by atoms with van der Waals surface area (Å²) in [7, 11) is 4.47. The predicted octanol–water partition coefficient (Wildman–Crippen LogP) is 3.86. The van der Waals surface area contributed by atoms with Gasteiger partial charge in [-0.3, -0.25) is 9.59 Å². The number of ether oxygens (including phenoxy) is 3. The lowest BCUT2D eigenvalue weighted by Crippen LogP contribution is -2.42. The van der Waals surface area contributed by atoms with Crippen molar-refractivity contribution < 1.29 is 23.8 Å². The van der Waals surface area contributed by atoms with E-state index in [0.717, 1.165) is 6.42 Å². The summed E-state index contributed by atoms with van der Waals surface area (Å²) in [6, 6.07) is 20.4. The Labute approximate surface area is 210 Å². The van der Waals surface area contributed by atoms with Crippen LogP contribution in [0.5, 0.6) is 17.2 Å². The van der Waals surface area contributed by atoms with Gasteiger partial charge < -0.3 is 24.8 Å². The first-order chi connectivity index (χ1) is 17.5. The van der Waals surface area contributed by atoms with Crippen LogP contribution in [0.25, 0.3) is 0 Å². The second-order valence-electron chi connectivity index (χ2n) is 9.18. The monoisotopic (exact) mass is 486 g/mol. The minimum atomic E-state index is -0.399. The molecule has 186 valence electrons. The quantitative estimate of drug-likeness (QED) is 0.505. The number of carbonyl (C=O) groups excluding carboxylic acids is 2. The summed E-state index contributed by atoms with van der Waals surface area (Å²) in [6.07, 6.45) is 0.997. The molecule has 2 bridgehead atoms. The maximum absolute atomic E-state index is 12.7. The second kappa shape index (κ2) is 9.93. The smallest absolute Gasteiger partial charge is 0.251 e. The fourth-order valence-electron chi connectivity index (χ4n) is 5.74. The van der Waals surface area contributed by atoms with Crippen molar-refractivity contribution in [1.29, 1.82) is 0 Å². The van der Waals surface area contributed by atoms with Gasteiger partial charge in [0.1, 0.15) is 0 Å². The average Bonchev–Trinajstić information content (AvgIpc) is 2.93. The highest BCUT2D eigenvalue weighted by atomic mass is 16.5. The third-order valence-corrected chi connectivity index (χ3v) is 7.32. The SMILES string of the molecule is COc1cc(C(=O)NCC(=O)NCC2CC3c4ccccc4C2c2ccccc23)cc(OC)c1OC. The van der Waals surface area contributed by atoms with Gasteiger partial charge in [-0.15, -0.1) is 0 Å². The van der Waals surface area contributed by atoms with Crippen LogP contribution in [0, 0.1) is 5.92 Å². The van der Waals surface area contributed by atoms with E-state index in [1.54, 1.807) is 12.1 Å². The molecule has 0 heterocycles. The largest absolute Gasteiger partial charge is 0.493 e. The highest BCUT2D eigenvalue weighted by Gasteiger charge is 2.42. The van der Waals surface area contributed by atoms with Crippen molar-refractivity contribution in [2.24, 2.45) is 5.92 Å². The highest BCUT2D eigenvalue weighted by Crippen LogP contribution is 2.55. The molecule has 6 rings (SSSR count). The lowest BCUT2D eigenvalue weighted by atomic mass is 9.59. The van der Waals surface area contributed by atoms with Gasteiger partial charge in [0, 0.05) is 23.9 Å². The number of carbonyl (C=O) groups is 2. The lowest BCUT2D eigenvalue weighted by molar-refractivity contribution is -0.120. The summed E-state index contributed by atoms with van der Waals surface area (Å²) in [6.45, 7) is 0.437. The highest BCUT2D eigenvalue weighted by molar-refractivity contribution is 5.97. The summed E-state index contributed by atoms with van der Waals surface area (Å²) >= 11 is 0. The lowest BCUT2D eigenvalue weighted by Gasteiger charge is -2.45. The van der Waals surface area contributed by atoms with Crippen molar-refractivity contribution in [2.45, 2.75) is 18.3 Å². The zero-order valence-electron chi connectivity index (χ0n) is 20.7. The Morgan fingerprint density at radius 3 is 1.89 bits per heavy atom. The number of benzene rings is 3. The number of fused-ring (bicyclic) bond motifs is 1. The van der Waals surface area contributed by atoms with E-state index in [9.17, 15) is 9.59 Å². The number of nitrogens with one attached hydrogen (secondary N) is 2. The minimum Gasteiger partial charge on any atom is -0.493 e. The predicted molar refractivity (Wildman–Crippen MR) is 136 cm³/mol. The first-order valence-electron chi connectivity index (χ1n) is 12.1. The van der Waals surface area contributed by atoms with Gasteiger partial charge in [0.25, 0.3) is 5.91 Å². The molecule has 7 nitrogen and oxygen atoms in total. The van der Waals surface area contributed by atoms with Crippen molar-refractivity contribution in [3.05, 3.63) is 88.5 Å². The van der Waals surface area contributed by atoms with Crippen molar-refractivity contribution in [3.8, 4) is 17.2 Å². The van der Waals surface area contributed by atoms with Crippen molar-refractivity contribution >= 4 is 11.8 Å². The van der Waals surface area contributed by atoms with Crippen LogP contribution < -0.4 is 24.8 Å². The van der Waals surface area contributed by atoms with Gasteiger partial charge in [0.15, 0.2) is 11.5 Å². The first-order valence-corrected chi connectivity index (χ1v) is 12.1. The molecule has 3 aromatic carbocycles. The van der Waals surface area contributed by atoms with E-state index < -0.39 is 5.91 Å².